The summed E-state index contributed by atoms with van der Waals surface area (Å²) in [7, 11) is 1.62. The predicted octanol–water partition coefficient (Wildman–Crippen LogP) is 0.762. The maximum atomic E-state index is 11.0. The van der Waals surface area contributed by atoms with E-state index in [2.05, 4.69) is 5.48 Å². The fourth-order valence-electron chi connectivity index (χ4n) is 1.37. The SMILES string of the molecule is COCCONCc1ccc(C(N)=O)cc1C. The Morgan fingerprint density at radius 2 is 2.18 bits per heavy atom. The molecule has 0 aromatic heterocycles. The third-order valence-corrected chi connectivity index (χ3v) is 2.38. The summed E-state index contributed by atoms with van der Waals surface area (Å²) in [6.07, 6.45) is 0. The van der Waals surface area contributed by atoms with Crippen LogP contribution in [0.5, 0.6) is 0 Å². The molecule has 0 aliphatic rings. The van der Waals surface area contributed by atoms with Crippen molar-refractivity contribution in [2.24, 2.45) is 5.73 Å². The highest BCUT2D eigenvalue weighted by Crippen LogP contribution is 2.10. The second-order valence-electron chi connectivity index (χ2n) is 3.67. The number of benzene rings is 1. The fourth-order valence-corrected chi connectivity index (χ4v) is 1.37. The molecule has 5 heteroatoms. The molecule has 1 amide bonds. The van der Waals surface area contributed by atoms with Crippen LogP contribution in [0.1, 0.15) is 21.5 Å². The van der Waals surface area contributed by atoms with Crippen molar-refractivity contribution in [3.05, 3.63) is 34.9 Å². The number of carbonyl (C=O) groups is 1. The summed E-state index contributed by atoms with van der Waals surface area (Å²) >= 11 is 0. The lowest BCUT2D eigenvalue weighted by Crippen LogP contribution is -2.18. The number of nitrogens with one attached hydrogen (secondary N) is 1. The first kappa shape index (κ1) is 13.6. The summed E-state index contributed by atoms with van der Waals surface area (Å²) in [4.78, 5) is 16.1. The third kappa shape index (κ3) is 4.52. The first-order valence-electron chi connectivity index (χ1n) is 5.38. The Morgan fingerprint density at radius 3 is 2.76 bits per heavy atom. The quantitative estimate of drug-likeness (QED) is 0.543. The van der Waals surface area contributed by atoms with E-state index in [9.17, 15) is 4.79 Å². The van der Waals surface area contributed by atoms with Gasteiger partial charge in [-0.3, -0.25) is 9.63 Å². The average molecular weight is 238 g/mol. The topological polar surface area (TPSA) is 73.6 Å². The van der Waals surface area contributed by atoms with Crippen LogP contribution in [0.2, 0.25) is 0 Å². The molecule has 0 unspecified atom stereocenters. The summed E-state index contributed by atoms with van der Waals surface area (Å²) in [5.74, 6) is -0.413. The predicted molar refractivity (Wildman–Crippen MR) is 64.4 cm³/mol. The van der Waals surface area contributed by atoms with Gasteiger partial charge in [0.25, 0.3) is 0 Å². The lowest BCUT2D eigenvalue weighted by Gasteiger charge is -2.09. The van der Waals surface area contributed by atoms with Crippen molar-refractivity contribution in [3.63, 3.8) is 0 Å². The maximum absolute atomic E-state index is 11.0. The van der Waals surface area contributed by atoms with E-state index in [0.29, 0.717) is 25.3 Å². The van der Waals surface area contributed by atoms with E-state index in [-0.39, 0.29) is 0 Å². The molecule has 1 rings (SSSR count). The molecule has 0 spiro atoms. The van der Waals surface area contributed by atoms with Gasteiger partial charge in [0.05, 0.1) is 13.2 Å². The molecule has 1 aromatic rings. The first-order valence-corrected chi connectivity index (χ1v) is 5.38. The number of hydrogen-bond donors (Lipinski definition) is 2. The van der Waals surface area contributed by atoms with Crippen molar-refractivity contribution < 1.29 is 14.4 Å². The van der Waals surface area contributed by atoms with E-state index < -0.39 is 5.91 Å². The van der Waals surface area contributed by atoms with Crippen LogP contribution >= 0.6 is 0 Å². The standard InChI is InChI=1S/C12H18N2O3/c1-9-7-10(12(13)15)3-4-11(9)8-14-17-6-5-16-2/h3-4,7,14H,5-6,8H2,1-2H3,(H2,13,15). The molecular formula is C12H18N2O3. The van der Waals surface area contributed by atoms with E-state index in [1.54, 1.807) is 19.2 Å². The van der Waals surface area contributed by atoms with E-state index in [0.717, 1.165) is 11.1 Å². The van der Waals surface area contributed by atoms with Gasteiger partial charge in [-0.2, -0.15) is 5.48 Å². The van der Waals surface area contributed by atoms with E-state index >= 15 is 0 Å². The number of methoxy groups -OCH3 is 1. The van der Waals surface area contributed by atoms with Crippen molar-refractivity contribution in [2.45, 2.75) is 13.5 Å². The molecule has 0 heterocycles. The number of primary amides is 1. The minimum Gasteiger partial charge on any atom is -0.382 e. The zero-order valence-electron chi connectivity index (χ0n) is 10.2. The van der Waals surface area contributed by atoms with E-state index in [1.807, 2.05) is 13.0 Å². The van der Waals surface area contributed by atoms with Crippen molar-refractivity contribution >= 4 is 5.91 Å². The van der Waals surface area contributed by atoms with Crippen LogP contribution in [0, 0.1) is 6.92 Å². The lowest BCUT2D eigenvalue weighted by atomic mass is 10.1. The number of hydrogen-bond acceptors (Lipinski definition) is 4. The molecule has 3 N–H and O–H groups in total. The molecule has 0 radical (unpaired) electrons. The van der Waals surface area contributed by atoms with Gasteiger partial charge in [0, 0.05) is 19.2 Å². The van der Waals surface area contributed by atoms with Gasteiger partial charge in [-0.05, 0) is 30.2 Å². The average Bonchev–Trinajstić information content (AvgIpc) is 2.30. The van der Waals surface area contributed by atoms with Crippen LogP contribution in [-0.4, -0.2) is 26.2 Å². The zero-order chi connectivity index (χ0) is 12.7. The van der Waals surface area contributed by atoms with Crippen LogP contribution in [0.25, 0.3) is 0 Å². The first-order chi connectivity index (χ1) is 8.15. The Balaban J connectivity index is 2.46. The lowest BCUT2D eigenvalue weighted by molar-refractivity contribution is 0.00339. The van der Waals surface area contributed by atoms with E-state index in [1.165, 1.54) is 0 Å². The van der Waals surface area contributed by atoms with Gasteiger partial charge in [-0.1, -0.05) is 6.07 Å². The highest BCUT2D eigenvalue weighted by atomic mass is 16.7. The van der Waals surface area contributed by atoms with Crippen LogP contribution in [0.3, 0.4) is 0 Å². The number of ether oxygens (including phenoxy) is 1. The van der Waals surface area contributed by atoms with Crippen LogP contribution in [0.4, 0.5) is 0 Å². The molecule has 5 nitrogen and oxygen atoms in total. The number of hydroxylamine groups is 1. The van der Waals surface area contributed by atoms with Crippen molar-refractivity contribution in [1.82, 2.24) is 5.48 Å². The van der Waals surface area contributed by atoms with Gasteiger partial charge in [0.1, 0.15) is 0 Å². The van der Waals surface area contributed by atoms with Crippen molar-refractivity contribution in [1.29, 1.82) is 0 Å². The van der Waals surface area contributed by atoms with Gasteiger partial charge < -0.3 is 10.5 Å². The zero-order valence-corrected chi connectivity index (χ0v) is 10.2. The molecule has 0 aliphatic carbocycles. The summed E-state index contributed by atoms with van der Waals surface area (Å²) < 4.78 is 4.84. The van der Waals surface area contributed by atoms with Crippen LogP contribution < -0.4 is 11.2 Å². The molecule has 0 atom stereocenters. The van der Waals surface area contributed by atoms with Gasteiger partial charge in [0.15, 0.2) is 0 Å². The van der Waals surface area contributed by atoms with Gasteiger partial charge in [-0.15, -0.1) is 0 Å². The monoisotopic (exact) mass is 238 g/mol. The molecule has 0 aliphatic heterocycles. The summed E-state index contributed by atoms with van der Waals surface area (Å²) in [6, 6.07) is 5.35. The minimum atomic E-state index is -0.413. The number of carbonyl (C=O) groups excluding carboxylic acids is 1. The number of nitrogens with two attached hydrogens (primary N) is 1. The molecule has 0 fully saturated rings. The van der Waals surface area contributed by atoms with E-state index in [4.69, 9.17) is 15.3 Å². The Morgan fingerprint density at radius 1 is 1.41 bits per heavy atom. The third-order valence-electron chi connectivity index (χ3n) is 2.38. The molecule has 0 saturated carbocycles. The number of aryl methyl sites for hydroxylation is 1. The minimum absolute atomic E-state index is 0.413. The largest absolute Gasteiger partial charge is 0.382 e. The Labute approximate surface area is 101 Å². The van der Waals surface area contributed by atoms with Crippen molar-refractivity contribution in [3.8, 4) is 0 Å². The van der Waals surface area contributed by atoms with Gasteiger partial charge >= 0.3 is 0 Å². The normalized spacial score (nSPS) is 10.5. The van der Waals surface area contributed by atoms with Gasteiger partial charge in [-0.25, -0.2) is 0 Å². The second kappa shape index (κ2) is 7.01. The summed E-state index contributed by atoms with van der Waals surface area (Å²) in [5, 5.41) is 0. The highest BCUT2D eigenvalue weighted by Gasteiger charge is 2.03. The number of amides is 1. The Kier molecular flexibility index (Phi) is 5.62. The maximum Gasteiger partial charge on any atom is 0.248 e. The van der Waals surface area contributed by atoms with Crippen LogP contribution in [-0.2, 0) is 16.1 Å². The van der Waals surface area contributed by atoms with Crippen molar-refractivity contribution in [2.75, 3.05) is 20.3 Å². The summed E-state index contributed by atoms with van der Waals surface area (Å²) in [5.41, 5.74) is 10.6. The molecule has 17 heavy (non-hydrogen) atoms. The number of rotatable bonds is 7. The Hall–Kier alpha value is -1.43. The van der Waals surface area contributed by atoms with Gasteiger partial charge in [0.2, 0.25) is 5.91 Å². The molecule has 0 saturated heterocycles. The summed E-state index contributed by atoms with van der Waals surface area (Å²) in [6.45, 7) is 3.55. The smallest absolute Gasteiger partial charge is 0.248 e. The van der Waals surface area contributed by atoms with Crippen LogP contribution in [0.15, 0.2) is 18.2 Å². The fraction of sp³-hybridized carbons (Fsp3) is 0.417. The molecule has 0 bridgehead atoms. The molecule has 1 aromatic carbocycles. The molecule has 94 valence electrons. The highest BCUT2D eigenvalue weighted by molar-refractivity contribution is 5.93. The molecular weight excluding hydrogens is 220 g/mol. The Bertz CT molecular complexity index is 380. The second-order valence-corrected chi connectivity index (χ2v) is 3.67.